The number of fused-ring (bicyclic) bond motifs is 1. The van der Waals surface area contributed by atoms with Crippen LogP contribution in [0.1, 0.15) is 37.0 Å². The van der Waals surface area contributed by atoms with E-state index in [1.807, 2.05) is 24.3 Å². The normalized spacial score (nSPS) is 15.7. The number of benzene rings is 2. The van der Waals surface area contributed by atoms with Gasteiger partial charge in [-0.15, -0.1) is 5.10 Å². The lowest BCUT2D eigenvalue weighted by molar-refractivity contribution is 0.0409. The molecular weight excluding hydrogens is 368 g/mol. The second-order valence-corrected chi connectivity index (χ2v) is 7.72. The molecule has 152 valence electrons. The lowest BCUT2D eigenvalue weighted by Crippen LogP contribution is -2.39. The molecule has 0 spiro atoms. The first-order chi connectivity index (χ1) is 14.1. The molecule has 0 N–H and O–H groups in total. The van der Waals surface area contributed by atoms with Crippen LogP contribution >= 0.6 is 0 Å². The molecule has 0 radical (unpaired) electrons. The van der Waals surface area contributed by atoms with Gasteiger partial charge in [0.2, 0.25) is 0 Å². The van der Waals surface area contributed by atoms with E-state index < -0.39 is 5.97 Å². The zero-order valence-electron chi connectivity index (χ0n) is 16.8. The summed E-state index contributed by atoms with van der Waals surface area (Å²) < 4.78 is 6.08. The Balaban J connectivity index is 1.42. The summed E-state index contributed by atoms with van der Waals surface area (Å²) in [7, 11) is 0. The molecule has 0 aliphatic carbocycles. The summed E-state index contributed by atoms with van der Waals surface area (Å²) in [5, 5.41) is 8.15. The van der Waals surface area contributed by atoms with Gasteiger partial charge < -0.3 is 14.5 Å². The third-order valence-corrected chi connectivity index (χ3v) is 5.44. The van der Waals surface area contributed by atoms with Gasteiger partial charge in [-0.3, -0.25) is 0 Å². The number of carbonyl (C=O) groups is 1. The maximum absolute atomic E-state index is 12.3. The lowest BCUT2D eigenvalue weighted by atomic mass is 9.97. The van der Waals surface area contributed by atoms with Crippen LogP contribution in [0.15, 0.2) is 48.5 Å². The van der Waals surface area contributed by atoms with E-state index in [9.17, 15) is 4.79 Å². The molecular formula is C22H26N4O3. The number of hydrogen-bond acceptors (Lipinski definition) is 6. The van der Waals surface area contributed by atoms with Gasteiger partial charge in [0, 0.05) is 6.04 Å². The van der Waals surface area contributed by atoms with E-state index in [2.05, 4.69) is 29.1 Å². The SMILES string of the molecule is CC(C)N1CCC(COc2cccc3c2nnn3OC(=O)c2ccccc2)CC1. The molecule has 29 heavy (non-hydrogen) atoms. The Morgan fingerprint density at radius 2 is 1.86 bits per heavy atom. The molecule has 0 amide bonds. The van der Waals surface area contributed by atoms with Crippen LogP contribution in [0, 0.1) is 5.92 Å². The topological polar surface area (TPSA) is 69.5 Å². The van der Waals surface area contributed by atoms with Crippen molar-refractivity contribution < 1.29 is 14.4 Å². The predicted octanol–water partition coefficient (Wildman–Crippen LogP) is 3.20. The van der Waals surface area contributed by atoms with Crippen LogP contribution < -0.4 is 9.57 Å². The Morgan fingerprint density at radius 1 is 1.10 bits per heavy atom. The van der Waals surface area contributed by atoms with Gasteiger partial charge in [-0.05, 0) is 75.2 Å². The Labute approximate surface area is 170 Å². The number of hydrogen-bond donors (Lipinski definition) is 0. The molecule has 3 aromatic rings. The third kappa shape index (κ3) is 4.40. The highest BCUT2D eigenvalue weighted by Gasteiger charge is 2.22. The molecule has 1 aliphatic heterocycles. The molecule has 0 atom stereocenters. The van der Waals surface area contributed by atoms with E-state index >= 15 is 0 Å². The van der Waals surface area contributed by atoms with Crippen molar-refractivity contribution in [2.45, 2.75) is 32.7 Å². The number of piperidine rings is 1. The second kappa shape index (κ2) is 8.61. The van der Waals surface area contributed by atoms with Crippen LogP contribution in [0.2, 0.25) is 0 Å². The number of carbonyl (C=O) groups excluding carboxylic acids is 1. The van der Waals surface area contributed by atoms with Crippen LogP contribution in [0.4, 0.5) is 0 Å². The Hall–Kier alpha value is -2.93. The fraction of sp³-hybridized carbons (Fsp3) is 0.409. The maximum atomic E-state index is 12.3. The quantitative estimate of drug-likeness (QED) is 0.598. The zero-order chi connectivity index (χ0) is 20.2. The Bertz CT molecular complexity index is 963. The second-order valence-electron chi connectivity index (χ2n) is 7.72. The summed E-state index contributed by atoms with van der Waals surface area (Å²) in [6.07, 6.45) is 2.27. The first kappa shape index (κ1) is 19.4. The maximum Gasteiger partial charge on any atom is 0.365 e. The fourth-order valence-corrected chi connectivity index (χ4v) is 3.63. The molecule has 0 bridgehead atoms. The van der Waals surface area contributed by atoms with Gasteiger partial charge in [0.1, 0.15) is 11.3 Å². The molecule has 7 nitrogen and oxygen atoms in total. The van der Waals surface area contributed by atoms with Crippen LogP contribution in [-0.2, 0) is 0 Å². The van der Waals surface area contributed by atoms with Gasteiger partial charge in [-0.25, -0.2) is 4.79 Å². The number of nitrogens with zero attached hydrogens (tertiary/aromatic N) is 4. The molecule has 2 aromatic carbocycles. The molecule has 2 heterocycles. The van der Waals surface area contributed by atoms with E-state index in [1.54, 1.807) is 24.3 Å². The van der Waals surface area contributed by atoms with Crippen molar-refractivity contribution in [2.24, 2.45) is 5.92 Å². The van der Waals surface area contributed by atoms with Crippen molar-refractivity contribution >= 4 is 17.0 Å². The van der Waals surface area contributed by atoms with E-state index in [4.69, 9.17) is 9.57 Å². The van der Waals surface area contributed by atoms with Gasteiger partial charge in [0.15, 0.2) is 5.52 Å². The van der Waals surface area contributed by atoms with Crippen molar-refractivity contribution in [3.8, 4) is 5.75 Å². The fourth-order valence-electron chi connectivity index (χ4n) is 3.63. The molecule has 0 saturated carbocycles. The minimum absolute atomic E-state index is 0.455. The summed E-state index contributed by atoms with van der Waals surface area (Å²) in [5.41, 5.74) is 1.64. The minimum atomic E-state index is -0.486. The van der Waals surface area contributed by atoms with Crippen LogP contribution in [-0.4, -0.2) is 51.8 Å². The largest absolute Gasteiger partial charge is 0.491 e. The van der Waals surface area contributed by atoms with E-state index in [-0.39, 0.29) is 0 Å². The van der Waals surface area contributed by atoms with Crippen LogP contribution in [0.3, 0.4) is 0 Å². The Morgan fingerprint density at radius 3 is 2.59 bits per heavy atom. The number of ether oxygens (including phenoxy) is 1. The first-order valence-corrected chi connectivity index (χ1v) is 10.1. The standard InChI is InChI=1S/C22H26N4O3/c1-16(2)25-13-11-17(12-14-25)15-28-20-10-6-9-19-21(20)23-24-26(19)29-22(27)18-7-4-3-5-8-18/h3-10,16-17H,11-15H2,1-2H3. The summed E-state index contributed by atoms with van der Waals surface area (Å²) in [6.45, 7) is 7.36. The molecule has 1 aromatic heterocycles. The third-order valence-electron chi connectivity index (χ3n) is 5.44. The highest BCUT2D eigenvalue weighted by atomic mass is 16.7. The van der Waals surface area contributed by atoms with Gasteiger partial charge in [0.05, 0.1) is 12.2 Å². The van der Waals surface area contributed by atoms with Gasteiger partial charge >= 0.3 is 5.97 Å². The number of likely N-dealkylation sites (tertiary alicyclic amines) is 1. The van der Waals surface area contributed by atoms with Crippen molar-refractivity contribution in [3.63, 3.8) is 0 Å². The summed E-state index contributed by atoms with van der Waals surface area (Å²) in [6, 6.07) is 14.9. The molecule has 1 saturated heterocycles. The highest BCUT2D eigenvalue weighted by Crippen LogP contribution is 2.25. The van der Waals surface area contributed by atoms with Crippen LogP contribution in [0.25, 0.3) is 11.0 Å². The highest BCUT2D eigenvalue weighted by molar-refractivity contribution is 5.90. The lowest BCUT2D eigenvalue weighted by Gasteiger charge is -2.34. The van der Waals surface area contributed by atoms with Gasteiger partial charge in [0.25, 0.3) is 0 Å². The molecule has 4 rings (SSSR count). The van der Waals surface area contributed by atoms with Crippen molar-refractivity contribution in [2.75, 3.05) is 19.7 Å². The van der Waals surface area contributed by atoms with Crippen molar-refractivity contribution in [1.82, 2.24) is 20.1 Å². The summed E-state index contributed by atoms with van der Waals surface area (Å²) in [5.74, 6) is 0.711. The minimum Gasteiger partial charge on any atom is -0.491 e. The Kier molecular flexibility index (Phi) is 5.76. The number of rotatable bonds is 6. The first-order valence-electron chi connectivity index (χ1n) is 10.1. The van der Waals surface area contributed by atoms with Crippen LogP contribution in [0.5, 0.6) is 5.75 Å². The van der Waals surface area contributed by atoms with E-state index in [0.717, 1.165) is 30.8 Å². The molecule has 7 heteroatoms. The monoisotopic (exact) mass is 394 g/mol. The van der Waals surface area contributed by atoms with Crippen molar-refractivity contribution in [1.29, 1.82) is 0 Å². The predicted molar refractivity (Wildman–Crippen MR) is 110 cm³/mol. The summed E-state index contributed by atoms with van der Waals surface area (Å²) >= 11 is 0. The number of aromatic nitrogens is 3. The van der Waals surface area contributed by atoms with Crippen molar-refractivity contribution in [3.05, 3.63) is 54.1 Å². The summed E-state index contributed by atoms with van der Waals surface area (Å²) in [4.78, 5) is 21.3. The average molecular weight is 394 g/mol. The average Bonchev–Trinajstić information content (AvgIpc) is 3.16. The zero-order valence-corrected chi connectivity index (χ0v) is 16.8. The van der Waals surface area contributed by atoms with E-state index in [1.165, 1.54) is 0 Å². The van der Waals surface area contributed by atoms with Gasteiger partial charge in [-0.1, -0.05) is 29.1 Å². The van der Waals surface area contributed by atoms with Gasteiger partial charge in [-0.2, -0.15) is 0 Å². The smallest absolute Gasteiger partial charge is 0.365 e. The molecule has 0 unspecified atom stereocenters. The molecule has 1 fully saturated rings. The molecule has 1 aliphatic rings. The van der Waals surface area contributed by atoms with E-state index in [0.29, 0.717) is 40.9 Å².